The number of aromatic nitrogens is 2. The molecule has 27 heavy (non-hydrogen) atoms. The zero-order valence-electron chi connectivity index (χ0n) is 15.9. The highest BCUT2D eigenvalue weighted by Gasteiger charge is 2.05. The quantitative estimate of drug-likeness (QED) is 0.522. The molecule has 0 fully saturated rings. The molecule has 0 aliphatic carbocycles. The molecule has 3 rings (SSSR count). The lowest BCUT2D eigenvalue weighted by atomic mass is 10.1. The Labute approximate surface area is 159 Å². The average molecular weight is 363 g/mol. The Morgan fingerprint density at radius 3 is 2.56 bits per heavy atom. The summed E-state index contributed by atoms with van der Waals surface area (Å²) in [5.41, 5.74) is 4.48. The fourth-order valence-corrected chi connectivity index (χ4v) is 2.77. The molecule has 0 aliphatic rings. The van der Waals surface area contributed by atoms with Gasteiger partial charge in [0.2, 0.25) is 0 Å². The van der Waals surface area contributed by atoms with E-state index in [1.807, 2.05) is 23.0 Å². The minimum Gasteiger partial charge on any atom is -0.496 e. The van der Waals surface area contributed by atoms with Crippen molar-refractivity contribution >= 4 is 5.96 Å². The number of hydrogen-bond donors (Lipinski definition) is 2. The van der Waals surface area contributed by atoms with Crippen LogP contribution in [0, 0.1) is 6.92 Å². The molecule has 0 atom stereocenters. The number of guanidine groups is 1. The van der Waals surface area contributed by atoms with E-state index in [1.165, 1.54) is 11.1 Å². The van der Waals surface area contributed by atoms with Gasteiger partial charge in [-0.25, -0.2) is 4.68 Å². The minimum atomic E-state index is 0.640. The Morgan fingerprint density at radius 2 is 1.89 bits per heavy atom. The number of nitrogens with one attached hydrogen (secondary N) is 2. The number of ether oxygens (including phenoxy) is 1. The van der Waals surface area contributed by atoms with E-state index in [0.717, 1.165) is 23.0 Å². The summed E-state index contributed by atoms with van der Waals surface area (Å²) >= 11 is 0. The van der Waals surface area contributed by atoms with Gasteiger partial charge < -0.3 is 15.4 Å². The number of benzene rings is 2. The third kappa shape index (κ3) is 4.88. The Balaban J connectivity index is 1.55. The maximum absolute atomic E-state index is 5.46. The van der Waals surface area contributed by atoms with E-state index in [1.54, 1.807) is 20.4 Å². The molecule has 1 aromatic heterocycles. The third-order valence-electron chi connectivity index (χ3n) is 4.28. The zero-order chi connectivity index (χ0) is 19.1. The number of aryl methyl sites for hydroxylation is 1. The summed E-state index contributed by atoms with van der Waals surface area (Å²) in [7, 11) is 3.46. The second-order valence-electron chi connectivity index (χ2n) is 6.21. The first-order valence-corrected chi connectivity index (χ1v) is 8.86. The van der Waals surface area contributed by atoms with Gasteiger partial charge in [0.15, 0.2) is 5.96 Å². The van der Waals surface area contributed by atoms with Gasteiger partial charge >= 0.3 is 0 Å². The summed E-state index contributed by atoms with van der Waals surface area (Å²) in [6.45, 7) is 3.38. The summed E-state index contributed by atoms with van der Waals surface area (Å²) in [4.78, 5) is 4.29. The molecule has 140 valence electrons. The molecule has 0 radical (unpaired) electrons. The Hall–Kier alpha value is -3.28. The van der Waals surface area contributed by atoms with Crippen LogP contribution in [0.1, 0.15) is 16.7 Å². The summed E-state index contributed by atoms with van der Waals surface area (Å²) in [6, 6.07) is 16.4. The fraction of sp³-hybridized carbons (Fsp3) is 0.238. The molecular formula is C21H25N5O. The second kappa shape index (κ2) is 8.89. The van der Waals surface area contributed by atoms with Crippen LogP contribution in [0.25, 0.3) is 5.69 Å². The van der Waals surface area contributed by atoms with Crippen LogP contribution >= 0.6 is 0 Å². The predicted molar refractivity (Wildman–Crippen MR) is 108 cm³/mol. The smallest absolute Gasteiger partial charge is 0.191 e. The van der Waals surface area contributed by atoms with E-state index >= 15 is 0 Å². The molecule has 6 nitrogen and oxygen atoms in total. The molecule has 0 unspecified atom stereocenters. The van der Waals surface area contributed by atoms with Crippen molar-refractivity contribution in [3.8, 4) is 11.4 Å². The van der Waals surface area contributed by atoms with Crippen molar-refractivity contribution in [2.75, 3.05) is 14.2 Å². The first-order chi connectivity index (χ1) is 13.2. The third-order valence-corrected chi connectivity index (χ3v) is 4.28. The summed E-state index contributed by atoms with van der Waals surface area (Å²) in [5.74, 6) is 1.63. The minimum absolute atomic E-state index is 0.640. The molecule has 2 N–H and O–H groups in total. The van der Waals surface area contributed by atoms with Crippen LogP contribution in [0.15, 0.2) is 65.9 Å². The van der Waals surface area contributed by atoms with Crippen molar-refractivity contribution < 1.29 is 4.74 Å². The van der Waals surface area contributed by atoms with Gasteiger partial charge in [0.25, 0.3) is 0 Å². The molecule has 2 aromatic carbocycles. The Morgan fingerprint density at radius 1 is 1.11 bits per heavy atom. The summed E-state index contributed by atoms with van der Waals surface area (Å²) < 4.78 is 7.30. The van der Waals surface area contributed by atoms with Gasteiger partial charge in [-0.05, 0) is 42.3 Å². The highest BCUT2D eigenvalue weighted by atomic mass is 16.5. The topological polar surface area (TPSA) is 63.5 Å². The van der Waals surface area contributed by atoms with Crippen molar-refractivity contribution in [2.45, 2.75) is 20.0 Å². The van der Waals surface area contributed by atoms with E-state index in [9.17, 15) is 0 Å². The fourth-order valence-electron chi connectivity index (χ4n) is 2.77. The maximum Gasteiger partial charge on any atom is 0.191 e. The van der Waals surface area contributed by atoms with Gasteiger partial charge in [0, 0.05) is 38.1 Å². The van der Waals surface area contributed by atoms with Crippen LogP contribution in [0.3, 0.4) is 0 Å². The lowest BCUT2D eigenvalue weighted by Gasteiger charge is -2.14. The zero-order valence-corrected chi connectivity index (χ0v) is 15.9. The van der Waals surface area contributed by atoms with E-state index in [4.69, 9.17) is 4.74 Å². The van der Waals surface area contributed by atoms with E-state index in [-0.39, 0.29) is 0 Å². The van der Waals surface area contributed by atoms with Gasteiger partial charge in [-0.3, -0.25) is 4.99 Å². The van der Waals surface area contributed by atoms with Gasteiger partial charge in [0.05, 0.1) is 12.8 Å². The van der Waals surface area contributed by atoms with E-state index in [2.05, 4.69) is 64.0 Å². The highest BCUT2D eigenvalue weighted by molar-refractivity contribution is 5.79. The first-order valence-electron chi connectivity index (χ1n) is 8.86. The van der Waals surface area contributed by atoms with Gasteiger partial charge in [0.1, 0.15) is 5.75 Å². The molecule has 0 saturated carbocycles. The monoisotopic (exact) mass is 363 g/mol. The molecule has 0 amide bonds. The molecule has 3 aromatic rings. The molecule has 1 heterocycles. The summed E-state index contributed by atoms with van der Waals surface area (Å²) in [6.07, 6.45) is 3.70. The number of rotatable bonds is 6. The van der Waals surface area contributed by atoms with Crippen LogP contribution in [0.4, 0.5) is 0 Å². The van der Waals surface area contributed by atoms with E-state index in [0.29, 0.717) is 13.1 Å². The predicted octanol–water partition coefficient (Wildman–Crippen LogP) is 3.05. The first kappa shape index (κ1) is 18.5. The van der Waals surface area contributed by atoms with Crippen molar-refractivity contribution in [3.63, 3.8) is 0 Å². The van der Waals surface area contributed by atoms with Crippen LogP contribution < -0.4 is 15.4 Å². The van der Waals surface area contributed by atoms with Gasteiger partial charge in [-0.15, -0.1) is 0 Å². The lowest BCUT2D eigenvalue weighted by Crippen LogP contribution is -2.36. The van der Waals surface area contributed by atoms with Crippen LogP contribution in [-0.2, 0) is 13.1 Å². The largest absolute Gasteiger partial charge is 0.496 e. The van der Waals surface area contributed by atoms with Crippen LogP contribution in [0.2, 0.25) is 0 Å². The SMILES string of the molecule is CN=C(NCc1ccc(-n2cccn2)cc1)NCc1ccc(C)cc1OC. The highest BCUT2D eigenvalue weighted by Crippen LogP contribution is 2.19. The standard InChI is InChI=1S/C21H25N5O/c1-16-5-8-18(20(13-16)27-3)15-24-21(22-2)23-14-17-6-9-19(10-7-17)26-12-4-11-25-26/h4-13H,14-15H2,1-3H3,(H2,22,23,24). The molecule has 0 saturated heterocycles. The number of hydrogen-bond acceptors (Lipinski definition) is 3. The lowest BCUT2D eigenvalue weighted by molar-refractivity contribution is 0.408. The Kier molecular flexibility index (Phi) is 6.10. The molecule has 0 spiro atoms. The van der Waals surface area contributed by atoms with Gasteiger partial charge in [-0.1, -0.05) is 24.3 Å². The number of aliphatic imine (C=N–C) groups is 1. The maximum atomic E-state index is 5.46. The molecular weight excluding hydrogens is 338 g/mol. The molecule has 0 bridgehead atoms. The molecule has 6 heteroatoms. The van der Waals surface area contributed by atoms with Gasteiger partial charge in [-0.2, -0.15) is 5.10 Å². The normalized spacial score (nSPS) is 11.3. The van der Waals surface area contributed by atoms with Crippen LogP contribution in [0.5, 0.6) is 5.75 Å². The van der Waals surface area contributed by atoms with E-state index < -0.39 is 0 Å². The Bertz CT molecular complexity index is 885. The van der Waals surface area contributed by atoms with Crippen LogP contribution in [-0.4, -0.2) is 29.9 Å². The second-order valence-corrected chi connectivity index (χ2v) is 6.21. The van der Waals surface area contributed by atoms with Crippen molar-refractivity contribution in [2.24, 2.45) is 4.99 Å². The van der Waals surface area contributed by atoms with Crippen molar-refractivity contribution in [1.29, 1.82) is 0 Å². The molecule has 0 aliphatic heterocycles. The average Bonchev–Trinajstić information content (AvgIpc) is 3.24. The van der Waals surface area contributed by atoms with Crippen molar-refractivity contribution in [3.05, 3.63) is 77.6 Å². The number of nitrogens with zero attached hydrogens (tertiary/aromatic N) is 3. The number of methoxy groups -OCH3 is 1. The summed E-state index contributed by atoms with van der Waals surface area (Å²) in [5, 5.41) is 10.9. The van der Waals surface area contributed by atoms with Crippen molar-refractivity contribution in [1.82, 2.24) is 20.4 Å².